The van der Waals surface area contributed by atoms with Crippen molar-refractivity contribution in [3.63, 3.8) is 0 Å². The van der Waals surface area contributed by atoms with Crippen molar-refractivity contribution in [1.29, 1.82) is 0 Å². The quantitative estimate of drug-likeness (QED) is 0.795. The average Bonchev–Trinajstić information content (AvgIpc) is 2.25. The van der Waals surface area contributed by atoms with Crippen molar-refractivity contribution < 1.29 is 4.79 Å². The molecule has 1 atom stereocenters. The minimum atomic E-state index is -0.521. The minimum absolute atomic E-state index is 0.188. The van der Waals surface area contributed by atoms with E-state index in [0.29, 0.717) is 0 Å². The van der Waals surface area contributed by atoms with E-state index >= 15 is 0 Å². The van der Waals surface area contributed by atoms with Crippen LogP contribution >= 0.6 is 0 Å². The molecule has 0 spiro atoms. The summed E-state index contributed by atoms with van der Waals surface area (Å²) in [6, 6.07) is 0. The summed E-state index contributed by atoms with van der Waals surface area (Å²) in [7, 11) is 0. The highest BCUT2D eigenvalue weighted by Gasteiger charge is 2.49. The third kappa shape index (κ3) is 2.05. The lowest BCUT2D eigenvalue weighted by molar-refractivity contribution is -0.130. The molecule has 96 valence electrons. The molecule has 1 unspecified atom stereocenters. The summed E-state index contributed by atoms with van der Waals surface area (Å²) in [5.41, 5.74) is 7.53. The molecule has 0 fully saturated rings. The topological polar surface area (TPSA) is 43.1 Å². The normalized spacial score (nSPS) is 27.4. The van der Waals surface area contributed by atoms with Crippen LogP contribution < -0.4 is 5.73 Å². The second-order valence-corrected chi connectivity index (χ2v) is 5.71. The molecule has 1 amide bonds. The number of primary amides is 1. The zero-order valence-electron chi connectivity index (χ0n) is 11.8. The minimum Gasteiger partial charge on any atom is -0.369 e. The first-order valence-corrected chi connectivity index (χ1v) is 6.46. The predicted octanol–water partition coefficient (Wildman–Crippen LogP) is 3.58. The maximum atomic E-state index is 12.0. The van der Waals surface area contributed by atoms with Gasteiger partial charge in [-0.05, 0) is 20.3 Å². The highest BCUT2D eigenvalue weighted by molar-refractivity contribution is 5.85. The molecule has 17 heavy (non-hydrogen) atoms. The van der Waals surface area contributed by atoms with Crippen LogP contribution in [0.4, 0.5) is 0 Å². The van der Waals surface area contributed by atoms with Crippen LogP contribution in [0.1, 0.15) is 53.9 Å². The van der Waals surface area contributed by atoms with Crippen LogP contribution in [0.3, 0.4) is 0 Å². The molecule has 0 saturated heterocycles. The molecule has 0 aromatic heterocycles. The van der Waals surface area contributed by atoms with Crippen LogP contribution in [0.25, 0.3) is 0 Å². The lowest BCUT2D eigenvalue weighted by atomic mass is 9.56. The van der Waals surface area contributed by atoms with Crippen molar-refractivity contribution in [2.45, 2.75) is 53.9 Å². The summed E-state index contributed by atoms with van der Waals surface area (Å²) >= 11 is 0. The van der Waals surface area contributed by atoms with Gasteiger partial charge in [-0.3, -0.25) is 4.79 Å². The summed E-state index contributed by atoms with van der Waals surface area (Å²) in [6.07, 6.45) is 7.05. The fourth-order valence-electron chi connectivity index (χ4n) is 2.79. The summed E-state index contributed by atoms with van der Waals surface area (Å²) in [6.45, 7) is 10.6. The van der Waals surface area contributed by atoms with Gasteiger partial charge in [0.15, 0.2) is 0 Å². The van der Waals surface area contributed by atoms with Crippen LogP contribution in [0.2, 0.25) is 0 Å². The SMILES string of the molecule is CCCCC1(C(N)=O)C=CC(C)=C(C)C1(C)C. The van der Waals surface area contributed by atoms with Crippen molar-refractivity contribution in [2.75, 3.05) is 0 Å². The van der Waals surface area contributed by atoms with Crippen LogP contribution in [0.15, 0.2) is 23.3 Å². The third-order valence-electron chi connectivity index (χ3n) is 4.63. The first kappa shape index (κ1) is 14.0. The molecule has 2 heteroatoms. The lowest BCUT2D eigenvalue weighted by Gasteiger charge is -2.46. The maximum Gasteiger partial charge on any atom is 0.228 e. The summed E-state index contributed by atoms with van der Waals surface area (Å²) in [5, 5.41) is 0. The van der Waals surface area contributed by atoms with Crippen molar-refractivity contribution in [2.24, 2.45) is 16.6 Å². The van der Waals surface area contributed by atoms with Crippen LogP contribution in [0.5, 0.6) is 0 Å². The number of unbranched alkanes of at least 4 members (excludes halogenated alkanes) is 1. The summed E-state index contributed by atoms with van der Waals surface area (Å²) in [5.74, 6) is -0.195. The Morgan fingerprint density at radius 3 is 2.41 bits per heavy atom. The molecule has 0 aromatic carbocycles. The Labute approximate surface area is 105 Å². The number of carbonyl (C=O) groups is 1. The Morgan fingerprint density at radius 1 is 1.35 bits per heavy atom. The van der Waals surface area contributed by atoms with Crippen LogP contribution in [0, 0.1) is 10.8 Å². The van der Waals surface area contributed by atoms with Crippen molar-refractivity contribution in [1.82, 2.24) is 0 Å². The largest absolute Gasteiger partial charge is 0.369 e. The number of carbonyl (C=O) groups excluding carboxylic acids is 1. The molecule has 0 radical (unpaired) electrons. The highest BCUT2D eigenvalue weighted by Crippen LogP contribution is 2.52. The van der Waals surface area contributed by atoms with E-state index in [0.717, 1.165) is 19.3 Å². The van der Waals surface area contributed by atoms with Gasteiger partial charge in [-0.2, -0.15) is 0 Å². The van der Waals surface area contributed by atoms with Gasteiger partial charge in [-0.25, -0.2) is 0 Å². The zero-order valence-corrected chi connectivity index (χ0v) is 11.8. The maximum absolute atomic E-state index is 12.0. The Bertz CT molecular complexity index is 376. The fourth-order valence-corrected chi connectivity index (χ4v) is 2.79. The van der Waals surface area contributed by atoms with E-state index in [1.807, 2.05) is 6.08 Å². The second-order valence-electron chi connectivity index (χ2n) is 5.71. The van der Waals surface area contributed by atoms with E-state index in [9.17, 15) is 4.79 Å². The fraction of sp³-hybridized carbons (Fsp3) is 0.667. The molecule has 2 nitrogen and oxygen atoms in total. The average molecular weight is 235 g/mol. The second kappa shape index (κ2) is 4.67. The molecule has 0 aromatic rings. The van der Waals surface area contributed by atoms with Crippen LogP contribution in [-0.4, -0.2) is 5.91 Å². The van der Waals surface area contributed by atoms with Crippen molar-refractivity contribution >= 4 is 5.91 Å². The van der Waals surface area contributed by atoms with E-state index in [1.54, 1.807) is 0 Å². The van der Waals surface area contributed by atoms with Gasteiger partial charge in [0.25, 0.3) is 0 Å². The first-order chi connectivity index (χ1) is 7.79. The molecule has 2 N–H and O–H groups in total. The molecule has 0 bridgehead atoms. The molecule has 1 aliphatic carbocycles. The first-order valence-electron chi connectivity index (χ1n) is 6.46. The molecular weight excluding hydrogens is 210 g/mol. The number of rotatable bonds is 4. The summed E-state index contributed by atoms with van der Waals surface area (Å²) in [4.78, 5) is 12.0. The van der Waals surface area contributed by atoms with Crippen LogP contribution in [-0.2, 0) is 4.79 Å². The Morgan fingerprint density at radius 2 is 1.94 bits per heavy atom. The van der Waals surface area contributed by atoms with Gasteiger partial charge >= 0.3 is 0 Å². The molecule has 0 saturated carbocycles. The van der Waals surface area contributed by atoms with Gasteiger partial charge in [-0.1, -0.05) is 56.9 Å². The molecule has 0 heterocycles. The summed E-state index contributed by atoms with van der Waals surface area (Å²) < 4.78 is 0. The smallest absolute Gasteiger partial charge is 0.228 e. The van der Waals surface area contributed by atoms with Crippen molar-refractivity contribution in [3.05, 3.63) is 23.3 Å². The lowest BCUT2D eigenvalue weighted by Crippen LogP contribution is -2.49. The van der Waals surface area contributed by atoms with E-state index in [2.05, 4.69) is 40.7 Å². The number of hydrogen-bond donors (Lipinski definition) is 1. The van der Waals surface area contributed by atoms with Gasteiger partial charge in [0.1, 0.15) is 0 Å². The monoisotopic (exact) mass is 235 g/mol. The number of hydrogen-bond acceptors (Lipinski definition) is 1. The van der Waals surface area contributed by atoms with Gasteiger partial charge < -0.3 is 5.73 Å². The zero-order chi connectivity index (χ0) is 13.3. The molecule has 0 aliphatic heterocycles. The van der Waals surface area contributed by atoms with E-state index < -0.39 is 5.41 Å². The Kier molecular flexibility index (Phi) is 3.85. The third-order valence-corrected chi connectivity index (χ3v) is 4.63. The number of allylic oxidation sites excluding steroid dienone is 3. The molecular formula is C15H25NO. The Hall–Kier alpha value is -1.05. The van der Waals surface area contributed by atoms with Gasteiger partial charge in [-0.15, -0.1) is 0 Å². The standard InChI is InChI=1S/C15H25NO/c1-6-7-9-15(13(16)17)10-8-11(2)12(3)14(15,4)5/h8,10H,6-7,9H2,1-5H3,(H2,16,17). The van der Waals surface area contributed by atoms with Gasteiger partial charge in [0.05, 0.1) is 5.41 Å². The number of nitrogens with two attached hydrogens (primary N) is 1. The highest BCUT2D eigenvalue weighted by atomic mass is 16.1. The van der Waals surface area contributed by atoms with E-state index in [-0.39, 0.29) is 11.3 Å². The number of amides is 1. The van der Waals surface area contributed by atoms with Gasteiger partial charge in [0, 0.05) is 5.41 Å². The van der Waals surface area contributed by atoms with Crippen molar-refractivity contribution in [3.8, 4) is 0 Å². The van der Waals surface area contributed by atoms with Gasteiger partial charge in [0.2, 0.25) is 5.91 Å². The molecule has 1 rings (SSSR count). The van der Waals surface area contributed by atoms with E-state index in [4.69, 9.17) is 5.73 Å². The molecule has 1 aliphatic rings. The Balaban J connectivity index is 3.25. The van der Waals surface area contributed by atoms with E-state index in [1.165, 1.54) is 11.1 Å². The predicted molar refractivity (Wildman–Crippen MR) is 72.4 cm³/mol.